The number of carboxylic acid groups (broad SMARTS) is 1. The Bertz CT molecular complexity index is 448. The van der Waals surface area contributed by atoms with E-state index in [0.29, 0.717) is 11.7 Å². The Balaban J connectivity index is 2.04. The number of aryl methyl sites for hydroxylation is 1. The highest BCUT2D eigenvalue weighted by Gasteiger charge is 2.20. The van der Waals surface area contributed by atoms with E-state index in [4.69, 9.17) is 5.11 Å². The lowest BCUT2D eigenvalue weighted by molar-refractivity contribution is 0.0697. The molecule has 0 aliphatic carbocycles. The van der Waals surface area contributed by atoms with Crippen LogP contribution in [0.25, 0.3) is 0 Å². The van der Waals surface area contributed by atoms with Crippen LogP contribution in [0.3, 0.4) is 0 Å². The van der Waals surface area contributed by atoms with Crippen molar-refractivity contribution in [1.29, 1.82) is 0 Å². The summed E-state index contributed by atoms with van der Waals surface area (Å²) in [7, 11) is 2.10. The van der Waals surface area contributed by atoms with Gasteiger partial charge < -0.3 is 15.3 Å². The van der Waals surface area contributed by atoms with E-state index in [1.807, 2.05) is 6.92 Å². The Hall–Kier alpha value is -1.62. The minimum Gasteiger partial charge on any atom is -0.478 e. The molecule has 0 saturated carbocycles. The zero-order valence-corrected chi connectivity index (χ0v) is 10.8. The molecule has 2 rings (SSSR count). The molecular formula is C13H19N3O2. The summed E-state index contributed by atoms with van der Waals surface area (Å²) in [6.45, 7) is 4.81. The van der Waals surface area contributed by atoms with Crippen molar-refractivity contribution in [3.05, 3.63) is 23.4 Å². The topological polar surface area (TPSA) is 65.5 Å². The average molecular weight is 249 g/mol. The highest BCUT2D eigenvalue weighted by molar-refractivity contribution is 5.93. The van der Waals surface area contributed by atoms with Crippen molar-refractivity contribution in [2.45, 2.75) is 13.3 Å². The molecule has 5 nitrogen and oxygen atoms in total. The number of pyridine rings is 1. The van der Waals surface area contributed by atoms with E-state index in [9.17, 15) is 4.79 Å². The van der Waals surface area contributed by atoms with Crippen LogP contribution in [-0.4, -0.2) is 47.6 Å². The van der Waals surface area contributed by atoms with Gasteiger partial charge in [-0.05, 0) is 45.0 Å². The van der Waals surface area contributed by atoms with Crippen molar-refractivity contribution in [3.63, 3.8) is 0 Å². The second kappa shape index (κ2) is 5.35. The van der Waals surface area contributed by atoms with Gasteiger partial charge in [-0.25, -0.2) is 9.78 Å². The molecule has 1 aliphatic rings. The third-order valence-electron chi connectivity index (χ3n) is 3.31. The average Bonchev–Trinajstić information content (AvgIpc) is 2.72. The molecule has 98 valence electrons. The van der Waals surface area contributed by atoms with Gasteiger partial charge in [-0.2, -0.15) is 0 Å². The van der Waals surface area contributed by atoms with Gasteiger partial charge in [0.05, 0.1) is 0 Å². The van der Waals surface area contributed by atoms with E-state index in [0.717, 1.165) is 31.7 Å². The molecule has 18 heavy (non-hydrogen) atoms. The summed E-state index contributed by atoms with van der Waals surface area (Å²) >= 11 is 0. The van der Waals surface area contributed by atoms with Crippen LogP contribution in [0.15, 0.2) is 12.1 Å². The third-order valence-corrected chi connectivity index (χ3v) is 3.31. The van der Waals surface area contributed by atoms with E-state index in [2.05, 4.69) is 22.2 Å². The van der Waals surface area contributed by atoms with Crippen LogP contribution in [-0.2, 0) is 0 Å². The molecule has 1 saturated heterocycles. The summed E-state index contributed by atoms with van der Waals surface area (Å²) in [5.41, 5.74) is 1.07. The zero-order chi connectivity index (χ0) is 13.1. The first-order valence-electron chi connectivity index (χ1n) is 6.19. The Morgan fingerprint density at radius 3 is 3.00 bits per heavy atom. The molecule has 0 bridgehead atoms. The highest BCUT2D eigenvalue weighted by Crippen LogP contribution is 2.18. The first-order valence-corrected chi connectivity index (χ1v) is 6.19. The molecule has 5 heteroatoms. The Morgan fingerprint density at radius 1 is 1.61 bits per heavy atom. The normalized spacial score (nSPS) is 20.0. The zero-order valence-electron chi connectivity index (χ0n) is 10.8. The summed E-state index contributed by atoms with van der Waals surface area (Å²) in [6.07, 6.45) is 1.15. The summed E-state index contributed by atoms with van der Waals surface area (Å²) in [5, 5.41) is 12.3. The summed E-state index contributed by atoms with van der Waals surface area (Å²) < 4.78 is 0. The predicted octanol–water partition coefficient (Wildman–Crippen LogP) is 1.45. The fourth-order valence-electron chi connectivity index (χ4n) is 2.30. The molecule has 2 heterocycles. The largest absolute Gasteiger partial charge is 0.478 e. The van der Waals surface area contributed by atoms with Gasteiger partial charge in [0.15, 0.2) is 0 Å². The van der Waals surface area contributed by atoms with Crippen molar-refractivity contribution in [2.24, 2.45) is 5.92 Å². The number of anilines is 1. The summed E-state index contributed by atoms with van der Waals surface area (Å²) in [6, 6.07) is 3.33. The second-order valence-corrected chi connectivity index (χ2v) is 4.95. The number of hydrogen-bond donors (Lipinski definition) is 2. The second-order valence-electron chi connectivity index (χ2n) is 4.95. The SMILES string of the molecule is Cc1ccc(C(=O)O)c(NCC2CCN(C)C2)n1. The number of rotatable bonds is 4. The van der Waals surface area contributed by atoms with Crippen molar-refractivity contribution < 1.29 is 9.90 Å². The first-order chi connectivity index (χ1) is 8.56. The molecule has 1 unspecified atom stereocenters. The Kier molecular flexibility index (Phi) is 3.81. The van der Waals surface area contributed by atoms with Gasteiger partial charge in [-0.15, -0.1) is 0 Å². The first kappa shape index (κ1) is 12.8. The van der Waals surface area contributed by atoms with E-state index < -0.39 is 5.97 Å². The number of nitrogens with one attached hydrogen (secondary N) is 1. The molecule has 2 N–H and O–H groups in total. The molecule has 1 fully saturated rings. The number of nitrogens with zero attached hydrogens (tertiary/aromatic N) is 2. The number of carboxylic acids is 1. The molecule has 1 aliphatic heterocycles. The maximum atomic E-state index is 11.1. The van der Waals surface area contributed by atoms with Crippen LogP contribution < -0.4 is 5.32 Å². The molecule has 0 radical (unpaired) electrons. The fraction of sp³-hybridized carbons (Fsp3) is 0.538. The molecule has 0 aromatic carbocycles. The number of carbonyl (C=O) groups is 1. The number of hydrogen-bond acceptors (Lipinski definition) is 4. The van der Waals surface area contributed by atoms with Gasteiger partial charge in [0, 0.05) is 18.8 Å². The highest BCUT2D eigenvalue weighted by atomic mass is 16.4. The van der Waals surface area contributed by atoms with Crippen LogP contribution in [0.2, 0.25) is 0 Å². The van der Waals surface area contributed by atoms with Crippen LogP contribution >= 0.6 is 0 Å². The molecule has 1 aromatic rings. The van der Waals surface area contributed by atoms with Crippen LogP contribution in [0.4, 0.5) is 5.82 Å². The summed E-state index contributed by atoms with van der Waals surface area (Å²) in [4.78, 5) is 17.6. The maximum absolute atomic E-state index is 11.1. The molecule has 1 atom stereocenters. The van der Waals surface area contributed by atoms with Crippen LogP contribution in [0.5, 0.6) is 0 Å². The molecule has 1 aromatic heterocycles. The smallest absolute Gasteiger partial charge is 0.339 e. The van der Waals surface area contributed by atoms with Crippen LogP contribution in [0, 0.1) is 12.8 Å². The lowest BCUT2D eigenvalue weighted by atomic mass is 10.1. The quantitative estimate of drug-likeness (QED) is 0.845. The Morgan fingerprint density at radius 2 is 2.39 bits per heavy atom. The maximum Gasteiger partial charge on any atom is 0.339 e. The van der Waals surface area contributed by atoms with Crippen molar-refractivity contribution in [3.8, 4) is 0 Å². The number of aromatic carboxylic acids is 1. The monoisotopic (exact) mass is 249 g/mol. The van der Waals surface area contributed by atoms with Gasteiger partial charge in [-0.3, -0.25) is 0 Å². The minimum absolute atomic E-state index is 0.243. The fourth-order valence-corrected chi connectivity index (χ4v) is 2.30. The van der Waals surface area contributed by atoms with Gasteiger partial charge in [0.1, 0.15) is 11.4 Å². The standard InChI is InChI=1S/C13H19N3O2/c1-9-3-4-11(13(17)18)12(15-9)14-7-10-5-6-16(2)8-10/h3-4,10H,5-8H2,1-2H3,(H,14,15)(H,17,18). The van der Waals surface area contributed by atoms with E-state index >= 15 is 0 Å². The van der Waals surface area contributed by atoms with Gasteiger partial charge in [-0.1, -0.05) is 0 Å². The number of likely N-dealkylation sites (tertiary alicyclic amines) is 1. The van der Waals surface area contributed by atoms with Crippen molar-refractivity contribution >= 4 is 11.8 Å². The van der Waals surface area contributed by atoms with Crippen molar-refractivity contribution in [2.75, 3.05) is 32.0 Å². The molecular weight excluding hydrogens is 230 g/mol. The van der Waals surface area contributed by atoms with Gasteiger partial charge >= 0.3 is 5.97 Å². The van der Waals surface area contributed by atoms with E-state index in [1.54, 1.807) is 12.1 Å². The Labute approximate surface area is 107 Å². The van der Waals surface area contributed by atoms with Gasteiger partial charge in [0.2, 0.25) is 0 Å². The molecule has 0 spiro atoms. The summed E-state index contributed by atoms with van der Waals surface area (Å²) in [5.74, 6) is 0.115. The van der Waals surface area contributed by atoms with E-state index in [1.165, 1.54) is 0 Å². The predicted molar refractivity (Wildman–Crippen MR) is 70.0 cm³/mol. The third kappa shape index (κ3) is 2.98. The van der Waals surface area contributed by atoms with E-state index in [-0.39, 0.29) is 5.56 Å². The lowest BCUT2D eigenvalue weighted by Crippen LogP contribution is -2.20. The van der Waals surface area contributed by atoms with Crippen molar-refractivity contribution in [1.82, 2.24) is 9.88 Å². The number of aromatic nitrogens is 1. The molecule has 0 amide bonds. The van der Waals surface area contributed by atoms with Crippen LogP contribution in [0.1, 0.15) is 22.5 Å². The van der Waals surface area contributed by atoms with Gasteiger partial charge in [0.25, 0.3) is 0 Å². The lowest BCUT2D eigenvalue weighted by Gasteiger charge is -2.14. The minimum atomic E-state index is -0.937.